The molecule has 1 fully saturated rings. The average molecular weight is 337 g/mol. The van der Waals surface area contributed by atoms with E-state index in [1.165, 1.54) is 0 Å². The molecule has 1 aromatic carbocycles. The Morgan fingerprint density at radius 3 is 2.88 bits per heavy atom. The van der Waals surface area contributed by atoms with Gasteiger partial charge in [-0.2, -0.15) is 5.10 Å². The third kappa shape index (κ3) is 3.00. The number of hydrogen-bond donors (Lipinski definition) is 2. The highest BCUT2D eigenvalue weighted by molar-refractivity contribution is 6.05. The summed E-state index contributed by atoms with van der Waals surface area (Å²) in [7, 11) is 0. The van der Waals surface area contributed by atoms with Crippen LogP contribution in [0.5, 0.6) is 0 Å². The number of anilines is 1. The van der Waals surface area contributed by atoms with Gasteiger partial charge in [0.05, 0.1) is 11.4 Å². The molecule has 0 bridgehead atoms. The Morgan fingerprint density at radius 2 is 2.04 bits per heavy atom. The minimum absolute atomic E-state index is 0.0668. The quantitative estimate of drug-likeness (QED) is 0.741. The van der Waals surface area contributed by atoms with Crippen molar-refractivity contribution in [2.75, 3.05) is 18.0 Å². The number of benzene rings is 1. The number of aromatic amines is 1. The summed E-state index contributed by atoms with van der Waals surface area (Å²) in [5, 5.41) is 11.0. The van der Waals surface area contributed by atoms with Crippen molar-refractivity contribution in [2.24, 2.45) is 5.92 Å². The van der Waals surface area contributed by atoms with Gasteiger partial charge in [0, 0.05) is 43.8 Å². The van der Waals surface area contributed by atoms with Crippen LogP contribution in [-0.4, -0.2) is 39.7 Å². The van der Waals surface area contributed by atoms with E-state index in [0.29, 0.717) is 25.5 Å². The second-order valence-electron chi connectivity index (χ2n) is 6.21. The van der Waals surface area contributed by atoms with Crippen molar-refractivity contribution in [3.63, 3.8) is 0 Å². The first-order chi connectivity index (χ1) is 12.2. The van der Waals surface area contributed by atoms with E-state index in [-0.39, 0.29) is 24.2 Å². The maximum atomic E-state index is 12.4. The number of nitrogens with zero attached hydrogens (tertiary/aromatic N) is 3. The van der Waals surface area contributed by atoms with Crippen molar-refractivity contribution in [1.29, 1.82) is 0 Å². The molecule has 0 saturated carbocycles. The van der Waals surface area contributed by atoms with Gasteiger partial charge in [-0.15, -0.1) is 0 Å². The zero-order valence-corrected chi connectivity index (χ0v) is 13.7. The van der Waals surface area contributed by atoms with E-state index in [1.807, 2.05) is 53.4 Å². The van der Waals surface area contributed by atoms with E-state index in [1.54, 1.807) is 4.90 Å². The molecule has 3 heterocycles. The zero-order chi connectivity index (χ0) is 17.2. The van der Waals surface area contributed by atoms with Crippen molar-refractivity contribution >= 4 is 28.5 Å². The SMILES string of the molecule is O=C(NCCn1cccc1)[C@H]1CC(=O)N(c2n[nH]c3ccccc23)C1. The summed E-state index contributed by atoms with van der Waals surface area (Å²) in [6.07, 6.45) is 4.13. The lowest BCUT2D eigenvalue weighted by molar-refractivity contribution is -0.126. The molecule has 1 aliphatic heterocycles. The number of nitrogens with one attached hydrogen (secondary N) is 2. The summed E-state index contributed by atoms with van der Waals surface area (Å²) in [5.74, 6) is 0.113. The Labute approximate surface area is 144 Å². The molecule has 0 aliphatic carbocycles. The van der Waals surface area contributed by atoms with Crippen LogP contribution in [-0.2, 0) is 16.1 Å². The van der Waals surface area contributed by atoms with Gasteiger partial charge in [-0.3, -0.25) is 19.6 Å². The second kappa shape index (κ2) is 6.43. The Kier molecular flexibility index (Phi) is 3.97. The van der Waals surface area contributed by atoms with Crippen LogP contribution < -0.4 is 10.2 Å². The molecule has 25 heavy (non-hydrogen) atoms. The first kappa shape index (κ1) is 15.4. The van der Waals surface area contributed by atoms with Crippen molar-refractivity contribution < 1.29 is 9.59 Å². The number of rotatable bonds is 5. The van der Waals surface area contributed by atoms with E-state index in [2.05, 4.69) is 15.5 Å². The number of amides is 2. The molecule has 3 aromatic rings. The molecule has 1 aliphatic rings. The molecule has 1 saturated heterocycles. The topological polar surface area (TPSA) is 83.0 Å². The zero-order valence-electron chi connectivity index (χ0n) is 13.7. The number of fused-ring (bicyclic) bond motifs is 1. The summed E-state index contributed by atoms with van der Waals surface area (Å²) in [6, 6.07) is 11.6. The molecule has 1 atom stereocenters. The number of carbonyl (C=O) groups is 2. The molecule has 7 nitrogen and oxygen atoms in total. The molecule has 7 heteroatoms. The summed E-state index contributed by atoms with van der Waals surface area (Å²) in [5.41, 5.74) is 0.880. The minimum Gasteiger partial charge on any atom is -0.354 e. The Balaban J connectivity index is 1.40. The van der Waals surface area contributed by atoms with Crippen LogP contribution in [0.15, 0.2) is 48.8 Å². The van der Waals surface area contributed by atoms with E-state index < -0.39 is 0 Å². The van der Waals surface area contributed by atoms with Gasteiger partial charge in [0.25, 0.3) is 0 Å². The van der Waals surface area contributed by atoms with Gasteiger partial charge in [0.15, 0.2) is 5.82 Å². The third-order valence-corrected chi connectivity index (χ3v) is 4.54. The molecule has 128 valence electrons. The van der Waals surface area contributed by atoms with Gasteiger partial charge < -0.3 is 9.88 Å². The monoisotopic (exact) mass is 337 g/mol. The van der Waals surface area contributed by atoms with Gasteiger partial charge in [0.2, 0.25) is 11.8 Å². The molecule has 2 aromatic heterocycles. The van der Waals surface area contributed by atoms with Gasteiger partial charge >= 0.3 is 0 Å². The number of aromatic nitrogens is 3. The average Bonchev–Trinajstić information content (AvgIpc) is 3.34. The van der Waals surface area contributed by atoms with Crippen molar-refractivity contribution in [2.45, 2.75) is 13.0 Å². The Bertz CT molecular complexity index is 899. The fourth-order valence-corrected chi connectivity index (χ4v) is 3.21. The second-order valence-corrected chi connectivity index (χ2v) is 6.21. The normalized spacial score (nSPS) is 17.4. The molecule has 2 N–H and O–H groups in total. The molecule has 4 rings (SSSR count). The lowest BCUT2D eigenvalue weighted by Crippen LogP contribution is -2.34. The summed E-state index contributed by atoms with van der Waals surface area (Å²) in [4.78, 5) is 26.4. The van der Waals surface area contributed by atoms with Gasteiger partial charge in [-0.25, -0.2) is 0 Å². The lowest BCUT2D eigenvalue weighted by Gasteiger charge is -2.14. The number of hydrogen-bond acceptors (Lipinski definition) is 3. The predicted octanol–water partition coefficient (Wildman–Crippen LogP) is 1.53. The lowest BCUT2D eigenvalue weighted by atomic mass is 10.1. The fraction of sp³-hybridized carbons (Fsp3) is 0.278. The fourth-order valence-electron chi connectivity index (χ4n) is 3.21. The standard InChI is InChI=1S/C18H19N5O2/c24-16-11-13(18(25)19-7-10-22-8-3-4-9-22)12-23(16)17-14-5-1-2-6-15(14)20-21-17/h1-6,8-9,13H,7,10-12H2,(H,19,25)(H,20,21)/t13-/m0/s1. The number of para-hydroxylation sites is 1. The van der Waals surface area contributed by atoms with E-state index in [9.17, 15) is 9.59 Å². The molecule has 0 unspecified atom stereocenters. The highest BCUT2D eigenvalue weighted by Crippen LogP contribution is 2.29. The maximum absolute atomic E-state index is 12.4. The molecular weight excluding hydrogens is 318 g/mol. The first-order valence-electron chi connectivity index (χ1n) is 8.34. The van der Waals surface area contributed by atoms with Gasteiger partial charge in [-0.1, -0.05) is 12.1 Å². The van der Waals surface area contributed by atoms with Crippen molar-refractivity contribution in [1.82, 2.24) is 20.1 Å². The molecular formula is C18H19N5O2. The van der Waals surface area contributed by atoms with E-state index in [0.717, 1.165) is 10.9 Å². The first-order valence-corrected chi connectivity index (χ1v) is 8.34. The highest BCUT2D eigenvalue weighted by atomic mass is 16.2. The minimum atomic E-state index is -0.340. The van der Waals surface area contributed by atoms with Crippen LogP contribution >= 0.6 is 0 Å². The van der Waals surface area contributed by atoms with Gasteiger partial charge in [-0.05, 0) is 24.3 Å². The molecule has 0 spiro atoms. The van der Waals surface area contributed by atoms with Crippen LogP contribution in [0.1, 0.15) is 6.42 Å². The van der Waals surface area contributed by atoms with Crippen LogP contribution in [0, 0.1) is 5.92 Å². The maximum Gasteiger partial charge on any atom is 0.229 e. The Hall–Kier alpha value is -3.09. The summed E-state index contributed by atoms with van der Waals surface area (Å²) >= 11 is 0. The largest absolute Gasteiger partial charge is 0.354 e. The molecule has 0 radical (unpaired) electrons. The van der Waals surface area contributed by atoms with Crippen molar-refractivity contribution in [3.05, 3.63) is 48.8 Å². The van der Waals surface area contributed by atoms with Crippen LogP contribution in [0.4, 0.5) is 5.82 Å². The van der Waals surface area contributed by atoms with E-state index >= 15 is 0 Å². The molecule has 2 amide bonds. The Morgan fingerprint density at radius 1 is 1.24 bits per heavy atom. The van der Waals surface area contributed by atoms with Crippen LogP contribution in [0.3, 0.4) is 0 Å². The number of H-pyrrole nitrogens is 1. The summed E-state index contributed by atoms with van der Waals surface area (Å²) in [6.45, 7) is 1.62. The van der Waals surface area contributed by atoms with Gasteiger partial charge in [0.1, 0.15) is 0 Å². The van der Waals surface area contributed by atoms with Crippen LogP contribution in [0.25, 0.3) is 10.9 Å². The van der Waals surface area contributed by atoms with Crippen LogP contribution in [0.2, 0.25) is 0 Å². The predicted molar refractivity (Wildman–Crippen MR) is 94.0 cm³/mol. The summed E-state index contributed by atoms with van der Waals surface area (Å²) < 4.78 is 2.00. The smallest absolute Gasteiger partial charge is 0.229 e. The van der Waals surface area contributed by atoms with E-state index in [4.69, 9.17) is 0 Å². The third-order valence-electron chi connectivity index (χ3n) is 4.54. The number of carbonyl (C=O) groups excluding carboxylic acids is 2. The highest BCUT2D eigenvalue weighted by Gasteiger charge is 2.36. The van der Waals surface area contributed by atoms with Crippen molar-refractivity contribution in [3.8, 4) is 0 Å².